The molecule has 10 heteroatoms. The number of hydrogen-bond donors (Lipinski definition) is 2. The van der Waals surface area contributed by atoms with Crippen molar-refractivity contribution in [3.8, 4) is 0 Å². The summed E-state index contributed by atoms with van der Waals surface area (Å²) in [5.74, 6) is -3.33. The van der Waals surface area contributed by atoms with Crippen molar-refractivity contribution >= 4 is 22.0 Å². The number of likely N-dealkylation sites (N-methyl/N-ethyl adjacent to an activating group) is 1. The van der Waals surface area contributed by atoms with Crippen LogP contribution in [-0.2, 0) is 19.6 Å². The molecule has 0 radical (unpaired) electrons. The van der Waals surface area contributed by atoms with E-state index in [1.807, 2.05) is 0 Å². The van der Waals surface area contributed by atoms with Crippen LogP contribution >= 0.6 is 0 Å². The number of methoxy groups -OCH3 is 1. The minimum absolute atomic E-state index is 0.0112. The average Bonchev–Trinajstić information content (AvgIpc) is 2.80. The Morgan fingerprint density at radius 1 is 1.39 bits per heavy atom. The van der Waals surface area contributed by atoms with Crippen molar-refractivity contribution in [2.24, 2.45) is 0 Å². The smallest absolute Gasteiger partial charge is 0.371 e. The van der Waals surface area contributed by atoms with Crippen LogP contribution in [0, 0.1) is 6.92 Å². The van der Waals surface area contributed by atoms with Gasteiger partial charge in [-0.05, 0) is 6.92 Å². The van der Waals surface area contributed by atoms with Crippen molar-refractivity contribution in [2.45, 2.75) is 36.3 Å². The summed E-state index contributed by atoms with van der Waals surface area (Å²) < 4.78 is 36.1. The van der Waals surface area contributed by atoms with Gasteiger partial charge in [0.05, 0.1) is 6.10 Å². The first kappa shape index (κ1) is 17.4. The summed E-state index contributed by atoms with van der Waals surface area (Å²) in [6.45, 7) is 1.30. The van der Waals surface area contributed by atoms with Crippen LogP contribution < -0.4 is 0 Å². The van der Waals surface area contributed by atoms with E-state index in [1.54, 1.807) is 0 Å². The zero-order chi connectivity index (χ0) is 17.6. The van der Waals surface area contributed by atoms with Gasteiger partial charge < -0.3 is 19.4 Å². The number of furan rings is 1. The molecule has 128 valence electrons. The second-order valence-electron chi connectivity index (χ2n) is 5.41. The zero-order valence-electron chi connectivity index (χ0n) is 12.8. The Labute approximate surface area is 132 Å². The number of rotatable bonds is 6. The Morgan fingerprint density at radius 3 is 2.35 bits per heavy atom. The molecule has 0 aliphatic heterocycles. The number of aryl methyl sites for hydroxylation is 1. The Bertz CT molecular complexity index is 744. The van der Waals surface area contributed by atoms with E-state index in [9.17, 15) is 23.1 Å². The molecule has 0 bridgehead atoms. The first-order chi connectivity index (χ1) is 10.6. The Balaban J connectivity index is 2.43. The molecule has 1 aromatic rings. The highest BCUT2D eigenvalue weighted by Gasteiger charge is 2.57. The Kier molecular flexibility index (Phi) is 4.26. The fourth-order valence-corrected chi connectivity index (χ4v) is 4.27. The molecule has 1 aromatic heterocycles. The van der Waals surface area contributed by atoms with Gasteiger partial charge in [0.15, 0.2) is 0 Å². The van der Waals surface area contributed by atoms with Crippen LogP contribution in [0.15, 0.2) is 15.4 Å². The van der Waals surface area contributed by atoms with E-state index in [-0.39, 0.29) is 29.6 Å². The highest BCUT2D eigenvalue weighted by Crippen LogP contribution is 2.42. The molecule has 1 aliphatic carbocycles. The lowest BCUT2D eigenvalue weighted by Crippen LogP contribution is -2.64. The fraction of sp³-hybridized carbons (Fsp3) is 0.538. The van der Waals surface area contributed by atoms with Gasteiger partial charge in [0, 0.05) is 33.1 Å². The van der Waals surface area contributed by atoms with Gasteiger partial charge in [-0.1, -0.05) is 0 Å². The van der Waals surface area contributed by atoms with E-state index in [1.165, 1.54) is 14.0 Å². The Morgan fingerprint density at radius 2 is 1.96 bits per heavy atom. The van der Waals surface area contributed by atoms with Crippen LogP contribution in [0.2, 0.25) is 0 Å². The summed E-state index contributed by atoms with van der Waals surface area (Å²) in [5.41, 5.74) is -1.62. The number of aliphatic carboxylic acids is 1. The number of hydrogen-bond acceptors (Lipinski definition) is 6. The van der Waals surface area contributed by atoms with Gasteiger partial charge in [-0.2, -0.15) is 4.31 Å². The molecule has 0 unspecified atom stereocenters. The number of ether oxygens (including phenoxy) is 1. The molecule has 1 saturated carbocycles. The normalized spacial score (nSPS) is 24.4. The minimum atomic E-state index is -4.24. The minimum Gasteiger partial charge on any atom is -0.480 e. The number of carboxylic acid groups (broad SMARTS) is 2. The molecule has 0 atom stereocenters. The van der Waals surface area contributed by atoms with Crippen LogP contribution in [0.3, 0.4) is 0 Å². The van der Waals surface area contributed by atoms with Crippen LogP contribution in [0.25, 0.3) is 0 Å². The molecule has 0 amide bonds. The number of sulfonamides is 1. The lowest BCUT2D eigenvalue weighted by Gasteiger charge is -2.47. The van der Waals surface area contributed by atoms with E-state index in [0.29, 0.717) is 0 Å². The monoisotopic (exact) mass is 347 g/mol. The van der Waals surface area contributed by atoms with Crippen LogP contribution in [0.5, 0.6) is 0 Å². The third-order valence-electron chi connectivity index (χ3n) is 4.19. The molecule has 2 rings (SSSR count). The SMILES string of the molecule is COC1CC(C(=O)O)(N(C)S(=O)(=O)c2cc(C(=O)O)oc2C)C1. The van der Waals surface area contributed by atoms with Gasteiger partial charge in [0.25, 0.3) is 0 Å². The predicted octanol–water partition coefficient (Wildman–Crippen LogP) is 0.539. The van der Waals surface area contributed by atoms with Crippen LogP contribution in [-0.4, -0.2) is 60.7 Å². The van der Waals surface area contributed by atoms with Gasteiger partial charge in [-0.15, -0.1) is 0 Å². The zero-order valence-corrected chi connectivity index (χ0v) is 13.6. The van der Waals surface area contributed by atoms with Gasteiger partial charge in [-0.25, -0.2) is 13.2 Å². The summed E-state index contributed by atoms with van der Waals surface area (Å²) in [7, 11) is -1.66. The van der Waals surface area contributed by atoms with Crippen molar-refractivity contribution in [3.63, 3.8) is 0 Å². The van der Waals surface area contributed by atoms with Crippen molar-refractivity contribution in [3.05, 3.63) is 17.6 Å². The van der Waals surface area contributed by atoms with E-state index in [2.05, 4.69) is 0 Å². The maximum atomic E-state index is 12.7. The third-order valence-corrected chi connectivity index (χ3v) is 6.22. The number of aromatic carboxylic acids is 1. The molecule has 1 heterocycles. The molecule has 1 aliphatic rings. The van der Waals surface area contributed by atoms with Gasteiger partial charge in [0.1, 0.15) is 16.2 Å². The highest BCUT2D eigenvalue weighted by molar-refractivity contribution is 7.89. The standard InChI is InChI=1S/C13H17NO8S/c1-7-10(4-9(22-7)11(15)16)23(19,20)14(2)13(12(17)18)5-8(6-13)21-3/h4,8H,5-6H2,1-3H3,(H,15,16)(H,17,18). The van der Waals surface area contributed by atoms with Gasteiger partial charge in [-0.3, -0.25) is 4.79 Å². The van der Waals surface area contributed by atoms with Crippen molar-refractivity contribution in [1.82, 2.24) is 4.31 Å². The maximum Gasteiger partial charge on any atom is 0.371 e. The molecule has 1 fully saturated rings. The molecule has 0 saturated heterocycles. The quantitative estimate of drug-likeness (QED) is 0.761. The number of carbonyl (C=O) groups is 2. The summed E-state index contributed by atoms with van der Waals surface area (Å²) >= 11 is 0. The summed E-state index contributed by atoms with van der Waals surface area (Å²) in [6, 6.07) is 0.880. The number of carboxylic acids is 2. The number of nitrogens with zero attached hydrogens (tertiary/aromatic N) is 1. The summed E-state index contributed by atoms with van der Waals surface area (Å²) in [5, 5.41) is 18.3. The molecular formula is C13H17NO8S. The maximum absolute atomic E-state index is 12.7. The average molecular weight is 347 g/mol. The molecule has 0 spiro atoms. The molecule has 9 nitrogen and oxygen atoms in total. The van der Waals surface area contributed by atoms with Crippen molar-refractivity contribution in [1.29, 1.82) is 0 Å². The summed E-state index contributed by atoms with van der Waals surface area (Å²) in [4.78, 5) is 22.1. The van der Waals surface area contributed by atoms with Crippen molar-refractivity contribution < 1.29 is 37.4 Å². The molecule has 2 N–H and O–H groups in total. The van der Waals surface area contributed by atoms with E-state index in [4.69, 9.17) is 14.3 Å². The topological polar surface area (TPSA) is 134 Å². The summed E-state index contributed by atoms with van der Waals surface area (Å²) in [6.07, 6.45) is -0.321. The molecule has 0 aromatic carbocycles. The lowest BCUT2D eigenvalue weighted by molar-refractivity contribution is -0.162. The largest absolute Gasteiger partial charge is 0.480 e. The van der Waals surface area contributed by atoms with Crippen molar-refractivity contribution in [2.75, 3.05) is 14.2 Å². The second kappa shape index (κ2) is 5.62. The molecule has 23 heavy (non-hydrogen) atoms. The third kappa shape index (κ3) is 2.62. The fourth-order valence-electron chi connectivity index (χ4n) is 2.63. The highest BCUT2D eigenvalue weighted by atomic mass is 32.2. The van der Waals surface area contributed by atoms with Crippen LogP contribution in [0.4, 0.5) is 0 Å². The Hall–Kier alpha value is -1.91. The van der Waals surface area contributed by atoms with Crippen LogP contribution in [0.1, 0.15) is 29.2 Å². The lowest BCUT2D eigenvalue weighted by atomic mass is 9.74. The first-order valence-corrected chi connectivity index (χ1v) is 8.09. The first-order valence-electron chi connectivity index (χ1n) is 6.65. The molecular weight excluding hydrogens is 330 g/mol. The van der Waals surface area contributed by atoms with Gasteiger partial charge >= 0.3 is 11.9 Å². The van der Waals surface area contributed by atoms with E-state index >= 15 is 0 Å². The van der Waals surface area contributed by atoms with E-state index in [0.717, 1.165) is 17.4 Å². The predicted molar refractivity (Wildman–Crippen MR) is 75.8 cm³/mol. The second-order valence-corrected chi connectivity index (χ2v) is 7.35. The van der Waals surface area contributed by atoms with E-state index < -0.39 is 33.3 Å². The van der Waals surface area contributed by atoms with Gasteiger partial charge in [0.2, 0.25) is 15.8 Å².